The number of hydrogen-bond acceptors (Lipinski definition) is 7. The molecule has 0 radical (unpaired) electrons. The van der Waals surface area contributed by atoms with E-state index in [1.54, 1.807) is 61.5 Å². The summed E-state index contributed by atoms with van der Waals surface area (Å²) in [6.07, 6.45) is 1.40. The molecule has 0 atom stereocenters. The van der Waals surface area contributed by atoms with Crippen molar-refractivity contribution in [3.05, 3.63) is 83.4 Å². The lowest BCUT2D eigenvalue weighted by Gasteiger charge is -2.23. The molecule has 36 heavy (non-hydrogen) atoms. The lowest BCUT2D eigenvalue weighted by molar-refractivity contribution is -0.121. The highest BCUT2D eigenvalue weighted by atomic mass is 32.2. The van der Waals surface area contributed by atoms with Crippen LogP contribution in [0, 0.1) is 6.92 Å². The topological polar surface area (TPSA) is 107 Å². The normalized spacial score (nSPS) is 11.5. The van der Waals surface area contributed by atoms with E-state index >= 15 is 0 Å². The zero-order valence-electron chi connectivity index (χ0n) is 20.6. The van der Waals surface area contributed by atoms with Crippen molar-refractivity contribution in [1.82, 2.24) is 9.73 Å². The van der Waals surface area contributed by atoms with Crippen LogP contribution in [0.2, 0.25) is 0 Å². The van der Waals surface area contributed by atoms with Gasteiger partial charge in [-0.3, -0.25) is 4.79 Å². The van der Waals surface area contributed by atoms with Crippen molar-refractivity contribution < 1.29 is 27.4 Å². The number of aryl methyl sites for hydroxylation is 1. The summed E-state index contributed by atoms with van der Waals surface area (Å²) in [7, 11) is 0.324. The molecule has 0 aromatic heterocycles. The molecule has 190 valence electrons. The van der Waals surface area contributed by atoms with Crippen LogP contribution in [-0.4, -0.2) is 52.7 Å². The number of carbonyl (C=O) groups excluding carboxylic acids is 1. The summed E-state index contributed by atoms with van der Waals surface area (Å²) in [6.45, 7) is 1.32. The number of nitrogens with zero attached hydrogens (tertiary/aromatic N) is 2. The Labute approximate surface area is 211 Å². The van der Waals surface area contributed by atoms with Gasteiger partial charge in [0.1, 0.15) is 10.6 Å². The summed E-state index contributed by atoms with van der Waals surface area (Å²) in [5.41, 5.74) is 4.45. The maximum absolute atomic E-state index is 13.7. The molecule has 0 aliphatic rings. The molecule has 0 fully saturated rings. The van der Waals surface area contributed by atoms with Gasteiger partial charge in [-0.1, -0.05) is 42.5 Å². The van der Waals surface area contributed by atoms with Crippen molar-refractivity contribution in [2.24, 2.45) is 5.10 Å². The zero-order valence-corrected chi connectivity index (χ0v) is 21.4. The van der Waals surface area contributed by atoms with Gasteiger partial charge < -0.3 is 14.2 Å². The molecule has 3 aromatic carbocycles. The van der Waals surface area contributed by atoms with Gasteiger partial charge >= 0.3 is 0 Å². The van der Waals surface area contributed by atoms with Crippen LogP contribution >= 0.6 is 0 Å². The van der Waals surface area contributed by atoms with E-state index in [4.69, 9.17) is 14.2 Å². The lowest BCUT2D eigenvalue weighted by Crippen LogP contribution is -2.39. The minimum Gasteiger partial charge on any atom is -0.495 e. The number of ether oxygens (including phenoxy) is 3. The average Bonchev–Trinajstić information content (AvgIpc) is 2.88. The van der Waals surface area contributed by atoms with Gasteiger partial charge in [-0.15, -0.1) is 0 Å². The highest BCUT2D eigenvalue weighted by molar-refractivity contribution is 7.89. The van der Waals surface area contributed by atoms with E-state index in [0.717, 1.165) is 15.4 Å². The number of hydrogen-bond donors (Lipinski definition) is 1. The van der Waals surface area contributed by atoms with Crippen LogP contribution in [0.4, 0.5) is 0 Å². The number of benzene rings is 3. The second kappa shape index (κ2) is 12.2. The predicted molar refractivity (Wildman–Crippen MR) is 137 cm³/mol. The summed E-state index contributed by atoms with van der Waals surface area (Å²) in [5.74, 6) is 0.555. The third kappa shape index (κ3) is 6.41. The van der Waals surface area contributed by atoms with Crippen LogP contribution in [0.3, 0.4) is 0 Å². The highest BCUT2D eigenvalue weighted by Crippen LogP contribution is 2.30. The molecule has 3 rings (SSSR count). The Kier molecular flexibility index (Phi) is 9.04. The van der Waals surface area contributed by atoms with Crippen molar-refractivity contribution >= 4 is 22.1 Å². The average molecular weight is 512 g/mol. The molecule has 0 saturated carbocycles. The molecule has 0 aliphatic carbocycles. The van der Waals surface area contributed by atoms with E-state index in [1.807, 2.05) is 6.07 Å². The number of hydrazone groups is 1. The first-order valence-corrected chi connectivity index (χ1v) is 12.5. The Morgan fingerprint density at radius 1 is 0.944 bits per heavy atom. The van der Waals surface area contributed by atoms with Crippen molar-refractivity contribution in [1.29, 1.82) is 0 Å². The molecular formula is C26H29N3O6S. The quantitative estimate of drug-likeness (QED) is 0.313. The van der Waals surface area contributed by atoms with Crippen LogP contribution < -0.4 is 19.6 Å². The van der Waals surface area contributed by atoms with Gasteiger partial charge in [0.2, 0.25) is 10.0 Å². The maximum Gasteiger partial charge on any atom is 0.255 e. The first-order chi connectivity index (χ1) is 17.3. The minimum atomic E-state index is -4.10. The number of nitrogens with one attached hydrogen (secondary N) is 1. The monoisotopic (exact) mass is 511 g/mol. The van der Waals surface area contributed by atoms with E-state index in [9.17, 15) is 13.2 Å². The second-order valence-electron chi connectivity index (χ2n) is 7.79. The van der Waals surface area contributed by atoms with Crippen molar-refractivity contribution in [2.45, 2.75) is 18.4 Å². The Hall–Kier alpha value is -3.89. The van der Waals surface area contributed by atoms with Gasteiger partial charge in [-0.25, -0.2) is 13.8 Å². The third-order valence-corrected chi connectivity index (χ3v) is 7.10. The fourth-order valence-electron chi connectivity index (χ4n) is 3.52. The Morgan fingerprint density at radius 3 is 2.33 bits per heavy atom. The number of rotatable bonds is 11. The first kappa shape index (κ1) is 26.7. The molecule has 0 spiro atoms. The molecule has 0 unspecified atom stereocenters. The fourth-order valence-corrected chi connectivity index (χ4v) is 5.15. The van der Waals surface area contributed by atoms with Crippen LogP contribution in [0.15, 0.2) is 76.7 Å². The molecular weight excluding hydrogens is 482 g/mol. The minimum absolute atomic E-state index is 0.0128. The summed E-state index contributed by atoms with van der Waals surface area (Å²) >= 11 is 0. The number of sulfonamides is 1. The van der Waals surface area contributed by atoms with Crippen LogP contribution in [0.25, 0.3) is 0 Å². The van der Waals surface area contributed by atoms with Crippen LogP contribution in [0.1, 0.15) is 16.7 Å². The molecule has 10 heteroatoms. The molecule has 1 amide bonds. The zero-order chi connectivity index (χ0) is 26.1. The van der Waals surface area contributed by atoms with Crippen molar-refractivity contribution in [3.63, 3.8) is 0 Å². The van der Waals surface area contributed by atoms with Crippen molar-refractivity contribution in [3.8, 4) is 17.2 Å². The second-order valence-corrected chi connectivity index (χ2v) is 9.70. The lowest BCUT2D eigenvalue weighted by atomic mass is 10.2. The maximum atomic E-state index is 13.7. The molecule has 9 nitrogen and oxygen atoms in total. The molecule has 0 bridgehead atoms. The van der Waals surface area contributed by atoms with Crippen LogP contribution in [0.5, 0.6) is 17.2 Å². The molecule has 0 aliphatic heterocycles. The first-order valence-electron chi connectivity index (χ1n) is 11.0. The van der Waals surface area contributed by atoms with E-state index < -0.39 is 22.5 Å². The summed E-state index contributed by atoms with van der Waals surface area (Å²) in [4.78, 5) is 12.8. The number of carbonyl (C=O) groups is 1. The van der Waals surface area contributed by atoms with Crippen LogP contribution in [-0.2, 0) is 21.4 Å². The van der Waals surface area contributed by atoms with Crippen molar-refractivity contribution in [2.75, 3.05) is 27.9 Å². The van der Waals surface area contributed by atoms with Gasteiger partial charge in [-0.2, -0.15) is 9.41 Å². The van der Waals surface area contributed by atoms with E-state index in [-0.39, 0.29) is 17.2 Å². The standard InChI is InChI=1S/C26H29N3O6S/c1-19-13-14-22(33-2)24(15-19)36(31,32)29(17-20-9-6-5-7-10-20)18-25(30)28-27-16-21-11-8-12-23(34-3)26(21)35-4/h5-16H,17-18H2,1-4H3,(H,28,30)/b27-16+. The largest absolute Gasteiger partial charge is 0.495 e. The smallest absolute Gasteiger partial charge is 0.255 e. The number of para-hydroxylation sites is 1. The Bertz CT molecular complexity index is 1330. The van der Waals surface area contributed by atoms with Gasteiger partial charge in [0, 0.05) is 12.1 Å². The Morgan fingerprint density at radius 2 is 1.67 bits per heavy atom. The number of methoxy groups -OCH3 is 3. The van der Waals surface area contributed by atoms with Gasteiger partial charge in [-0.05, 0) is 42.3 Å². The fraction of sp³-hybridized carbons (Fsp3) is 0.231. The summed E-state index contributed by atoms with van der Waals surface area (Å²) in [6, 6.07) is 19.1. The predicted octanol–water partition coefficient (Wildman–Crippen LogP) is 3.36. The molecule has 0 saturated heterocycles. The molecule has 0 heterocycles. The van der Waals surface area contributed by atoms with E-state index in [0.29, 0.717) is 17.1 Å². The van der Waals surface area contributed by atoms with Gasteiger partial charge in [0.15, 0.2) is 11.5 Å². The summed E-state index contributed by atoms with van der Waals surface area (Å²) in [5, 5.41) is 3.98. The highest BCUT2D eigenvalue weighted by Gasteiger charge is 2.30. The van der Waals surface area contributed by atoms with Gasteiger partial charge in [0.05, 0.1) is 34.1 Å². The number of amides is 1. The van der Waals surface area contributed by atoms with Gasteiger partial charge in [0.25, 0.3) is 5.91 Å². The molecule has 3 aromatic rings. The Balaban J connectivity index is 1.86. The third-order valence-electron chi connectivity index (χ3n) is 5.28. The van der Waals surface area contributed by atoms with E-state index in [2.05, 4.69) is 10.5 Å². The summed E-state index contributed by atoms with van der Waals surface area (Å²) < 4.78 is 44.3. The molecule has 1 N–H and O–H groups in total. The van der Waals surface area contributed by atoms with E-state index in [1.165, 1.54) is 33.6 Å². The SMILES string of the molecule is COc1ccc(C)cc1S(=O)(=O)N(CC(=O)N/N=C/c1cccc(OC)c1OC)Cc1ccccc1.